The van der Waals surface area contributed by atoms with Crippen molar-refractivity contribution in [2.45, 2.75) is 26.2 Å². The molecular formula is C14H23N3O4. The van der Waals surface area contributed by atoms with Crippen LogP contribution in [0.1, 0.15) is 26.2 Å². The number of amides is 3. The van der Waals surface area contributed by atoms with Crippen LogP contribution in [0.2, 0.25) is 0 Å². The molecule has 2 aliphatic heterocycles. The maximum atomic E-state index is 12.4. The Morgan fingerprint density at radius 3 is 2.24 bits per heavy atom. The van der Waals surface area contributed by atoms with Crippen LogP contribution < -0.4 is 5.32 Å². The number of piperidine rings is 1. The highest BCUT2D eigenvalue weighted by Gasteiger charge is 2.43. The van der Waals surface area contributed by atoms with Crippen molar-refractivity contribution in [2.75, 3.05) is 33.2 Å². The SMILES string of the molecule is CNC(=O)C1CCN(C(=O)N2CCC(C)(C(=O)O)C2)CC1. The summed E-state index contributed by atoms with van der Waals surface area (Å²) in [4.78, 5) is 38.6. The number of carboxylic acid groups (broad SMARTS) is 1. The van der Waals surface area contributed by atoms with Crippen LogP contribution in [0.4, 0.5) is 4.79 Å². The van der Waals surface area contributed by atoms with Gasteiger partial charge in [-0.1, -0.05) is 0 Å². The second kappa shape index (κ2) is 5.91. The summed E-state index contributed by atoms with van der Waals surface area (Å²) < 4.78 is 0. The topological polar surface area (TPSA) is 90.0 Å². The van der Waals surface area contributed by atoms with Crippen LogP contribution in [0.3, 0.4) is 0 Å². The number of hydrogen-bond acceptors (Lipinski definition) is 3. The molecule has 7 nitrogen and oxygen atoms in total. The lowest BCUT2D eigenvalue weighted by Gasteiger charge is -2.34. The fourth-order valence-corrected chi connectivity index (χ4v) is 3.04. The van der Waals surface area contributed by atoms with Crippen LogP contribution in [0, 0.1) is 11.3 Å². The molecule has 0 saturated carbocycles. The minimum Gasteiger partial charge on any atom is -0.481 e. The summed E-state index contributed by atoms with van der Waals surface area (Å²) in [7, 11) is 1.62. The van der Waals surface area contributed by atoms with Gasteiger partial charge in [0.25, 0.3) is 0 Å². The Balaban J connectivity index is 1.89. The molecule has 2 N–H and O–H groups in total. The Morgan fingerprint density at radius 1 is 1.14 bits per heavy atom. The summed E-state index contributed by atoms with van der Waals surface area (Å²) in [6, 6.07) is -0.102. The van der Waals surface area contributed by atoms with E-state index in [0.717, 1.165) is 0 Å². The van der Waals surface area contributed by atoms with Gasteiger partial charge < -0.3 is 20.2 Å². The van der Waals surface area contributed by atoms with Gasteiger partial charge in [0.2, 0.25) is 5.91 Å². The zero-order chi connectivity index (χ0) is 15.6. The molecule has 3 amide bonds. The van der Waals surface area contributed by atoms with Gasteiger partial charge in [-0.15, -0.1) is 0 Å². The van der Waals surface area contributed by atoms with Crippen LogP contribution in [0.25, 0.3) is 0 Å². The molecule has 0 aromatic carbocycles. The Hall–Kier alpha value is -1.79. The minimum atomic E-state index is -0.851. The smallest absolute Gasteiger partial charge is 0.320 e. The van der Waals surface area contributed by atoms with Gasteiger partial charge >= 0.3 is 12.0 Å². The molecule has 2 fully saturated rings. The van der Waals surface area contributed by atoms with Crippen molar-refractivity contribution >= 4 is 17.9 Å². The number of rotatable bonds is 2. The Kier molecular flexibility index (Phi) is 4.39. The molecule has 0 aliphatic carbocycles. The zero-order valence-electron chi connectivity index (χ0n) is 12.6. The zero-order valence-corrected chi connectivity index (χ0v) is 12.6. The molecule has 1 atom stereocenters. The molecule has 2 saturated heterocycles. The number of carbonyl (C=O) groups is 3. The first-order chi connectivity index (χ1) is 9.87. The first kappa shape index (κ1) is 15.6. The maximum Gasteiger partial charge on any atom is 0.320 e. The summed E-state index contributed by atoms with van der Waals surface area (Å²) in [5, 5.41) is 11.8. The molecular weight excluding hydrogens is 274 g/mol. The van der Waals surface area contributed by atoms with Crippen molar-refractivity contribution in [1.82, 2.24) is 15.1 Å². The fourth-order valence-electron chi connectivity index (χ4n) is 3.04. The number of carboxylic acids is 1. The third-order valence-corrected chi connectivity index (χ3v) is 4.64. The van der Waals surface area contributed by atoms with E-state index in [1.807, 2.05) is 0 Å². The highest BCUT2D eigenvalue weighted by Crippen LogP contribution is 2.31. The van der Waals surface area contributed by atoms with Crippen LogP contribution >= 0.6 is 0 Å². The third kappa shape index (κ3) is 3.11. The van der Waals surface area contributed by atoms with E-state index in [1.165, 1.54) is 0 Å². The van der Waals surface area contributed by atoms with Gasteiger partial charge in [0.1, 0.15) is 0 Å². The molecule has 0 aromatic rings. The van der Waals surface area contributed by atoms with Crippen molar-refractivity contribution < 1.29 is 19.5 Å². The molecule has 0 bridgehead atoms. The van der Waals surface area contributed by atoms with E-state index in [0.29, 0.717) is 38.9 Å². The van der Waals surface area contributed by atoms with Gasteiger partial charge in [0.05, 0.1) is 5.41 Å². The fraction of sp³-hybridized carbons (Fsp3) is 0.786. The number of likely N-dealkylation sites (tertiary alicyclic amines) is 2. The van der Waals surface area contributed by atoms with Gasteiger partial charge in [0.15, 0.2) is 0 Å². The first-order valence-electron chi connectivity index (χ1n) is 7.36. The lowest BCUT2D eigenvalue weighted by atomic mass is 9.90. The predicted octanol–water partition coefficient (Wildman–Crippen LogP) is 0.361. The number of carbonyl (C=O) groups excluding carboxylic acids is 2. The van der Waals surface area contributed by atoms with Gasteiger partial charge in [-0.3, -0.25) is 9.59 Å². The largest absolute Gasteiger partial charge is 0.481 e. The Bertz CT molecular complexity index is 446. The summed E-state index contributed by atoms with van der Waals surface area (Å²) in [6.07, 6.45) is 1.81. The van der Waals surface area contributed by atoms with Crippen molar-refractivity contribution in [2.24, 2.45) is 11.3 Å². The molecule has 0 radical (unpaired) electrons. The summed E-state index contributed by atoms with van der Waals surface area (Å²) in [6.45, 7) is 3.53. The van der Waals surface area contributed by atoms with Crippen LogP contribution in [0.5, 0.6) is 0 Å². The summed E-state index contributed by atoms with van der Waals surface area (Å²) in [5.74, 6) is -0.847. The second-order valence-corrected chi connectivity index (χ2v) is 6.20. The molecule has 2 rings (SSSR count). The second-order valence-electron chi connectivity index (χ2n) is 6.20. The molecule has 21 heavy (non-hydrogen) atoms. The van der Waals surface area contributed by atoms with Gasteiger partial charge in [-0.05, 0) is 26.2 Å². The van der Waals surface area contributed by atoms with E-state index in [4.69, 9.17) is 0 Å². The molecule has 118 valence electrons. The van der Waals surface area contributed by atoms with Crippen molar-refractivity contribution in [3.05, 3.63) is 0 Å². The third-order valence-electron chi connectivity index (χ3n) is 4.64. The number of nitrogens with one attached hydrogen (secondary N) is 1. The Morgan fingerprint density at radius 2 is 1.76 bits per heavy atom. The van der Waals surface area contributed by atoms with Crippen molar-refractivity contribution in [3.63, 3.8) is 0 Å². The molecule has 0 spiro atoms. The average Bonchev–Trinajstić information content (AvgIpc) is 2.90. The number of hydrogen-bond donors (Lipinski definition) is 2. The van der Waals surface area contributed by atoms with Gasteiger partial charge in [-0.2, -0.15) is 0 Å². The lowest BCUT2D eigenvalue weighted by molar-refractivity contribution is -0.147. The molecule has 2 heterocycles. The predicted molar refractivity (Wildman–Crippen MR) is 75.7 cm³/mol. The molecule has 1 unspecified atom stereocenters. The highest BCUT2D eigenvalue weighted by molar-refractivity contribution is 5.81. The molecule has 2 aliphatic rings. The monoisotopic (exact) mass is 297 g/mol. The standard InChI is InChI=1S/C14H23N3O4/c1-14(12(19)20)5-8-17(9-14)13(21)16-6-3-10(4-7-16)11(18)15-2/h10H,3-9H2,1-2H3,(H,15,18)(H,19,20). The number of nitrogens with zero attached hydrogens (tertiary/aromatic N) is 2. The van der Waals surface area contributed by atoms with E-state index < -0.39 is 11.4 Å². The molecule has 0 aromatic heterocycles. The summed E-state index contributed by atoms with van der Waals surface area (Å²) in [5.41, 5.74) is -0.837. The van der Waals surface area contributed by atoms with Crippen LogP contribution in [0.15, 0.2) is 0 Å². The van der Waals surface area contributed by atoms with E-state index in [1.54, 1.807) is 23.8 Å². The minimum absolute atomic E-state index is 0.0260. The normalized spacial score (nSPS) is 26.8. The van der Waals surface area contributed by atoms with Crippen LogP contribution in [-0.4, -0.2) is 66.0 Å². The lowest BCUT2D eigenvalue weighted by Crippen LogP contribution is -2.48. The van der Waals surface area contributed by atoms with E-state index in [2.05, 4.69) is 5.32 Å². The van der Waals surface area contributed by atoms with Crippen molar-refractivity contribution in [3.8, 4) is 0 Å². The highest BCUT2D eigenvalue weighted by atomic mass is 16.4. The van der Waals surface area contributed by atoms with E-state index >= 15 is 0 Å². The van der Waals surface area contributed by atoms with E-state index in [9.17, 15) is 19.5 Å². The number of aliphatic carboxylic acids is 1. The van der Waals surface area contributed by atoms with Gasteiger partial charge in [-0.25, -0.2) is 4.79 Å². The average molecular weight is 297 g/mol. The first-order valence-corrected chi connectivity index (χ1v) is 7.36. The number of urea groups is 1. The van der Waals surface area contributed by atoms with E-state index in [-0.39, 0.29) is 24.4 Å². The Labute approximate surface area is 124 Å². The summed E-state index contributed by atoms with van der Waals surface area (Å²) >= 11 is 0. The maximum absolute atomic E-state index is 12.4. The molecule has 7 heteroatoms. The van der Waals surface area contributed by atoms with Crippen LogP contribution in [-0.2, 0) is 9.59 Å². The van der Waals surface area contributed by atoms with Crippen molar-refractivity contribution in [1.29, 1.82) is 0 Å². The quantitative estimate of drug-likeness (QED) is 0.770. The van der Waals surface area contributed by atoms with Gasteiger partial charge in [0, 0.05) is 39.1 Å².